The van der Waals surface area contributed by atoms with Gasteiger partial charge in [-0.2, -0.15) is 0 Å². The molecule has 82 valence electrons. The van der Waals surface area contributed by atoms with Crippen LogP contribution < -0.4 is 0 Å². The Labute approximate surface area is 103 Å². The molecule has 1 aliphatic carbocycles. The second-order valence-corrected chi connectivity index (χ2v) is 7.95. The Morgan fingerprint density at radius 2 is 2.00 bits per heavy atom. The maximum absolute atomic E-state index is 12.0. The monoisotopic (exact) mass is 324 g/mol. The summed E-state index contributed by atoms with van der Waals surface area (Å²) >= 11 is 6.97. The fraction of sp³-hybridized carbons (Fsp3) is 0.909. The average molecular weight is 326 g/mol. The van der Waals surface area contributed by atoms with Crippen molar-refractivity contribution >= 4 is 37.6 Å². The van der Waals surface area contributed by atoms with Crippen LogP contribution >= 0.6 is 31.9 Å². The van der Waals surface area contributed by atoms with E-state index in [0.717, 1.165) is 12.8 Å². The molecule has 1 aliphatic rings. The smallest absolute Gasteiger partial charge is 0.141 e. The molecule has 1 nitrogen and oxygen atoms in total. The first-order chi connectivity index (χ1) is 6.38. The number of alkyl halides is 2. The third kappa shape index (κ3) is 2.41. The zero-order chi connectivity index (χ0) is 10.9. The molecule has 0 aromatic carbocycles. The quantitative estimate of drug-likeness (QED) is 0.697. The van der Waals surface area contributed by atoms with Crippen molar-refractivity contribution in [3.05, 3.63) is 0 Å². The minimum Gasteiger partial charge on any atom is -0.299 e. The maximum Gasteiger partial charge on any atom is 0.141 e. The number of hydrogen-bond donors (Lipinski definition) is 0. The lowest BCUT2D eigenvalue weighted by molar-refractivity contribution is -0.131. The molecule has 1 fully saturated rings. The van der Waals surface area contributed by atoms with Gasteiger partial charge < -0.3 is 0 Å². The molecule has 0 saturated heterocycles. The van der Waals surface area contributed by atoms with Crippen LogP contribution in [0.1, 0.15) is 40.0 Å². The fourth-order valence-corrected chi connectivity index (χ4v) is 2.97. The summed E-state index contributed by atoms with van der Waals surface area (Å²) in [6.07, 6.45) is 2.92. The van der Waals surface area contributed by atoms with Crippen LogP contribution in [-0.4, -0.2) is 9.52 Å². The third-order valence-electron chi connectivity index (χ3n) is 3.54. The molecule has 1 saturated carbocycles. The first-order valence-electron chi connectivity index (χ1n) is 5.19. The Bertz CT molecular complexity index is 225. The molecule has 0 radical (unpaired) electrons. The Kier molecular flexibility index (Phi) is 4.22. The summed E-state index contributed by atoms with van der Waals surface area (Å²) in [7, 11) is 0. The van der Waals surface area contributed by atoms with Crippen LogP contribution in [0.5, 0.6) is 0 Å². The summed E-state index contributed by atoms with van der Waals surface area (Å²) in [5, 5.41) is 0. The van der Waals surface area contributed by atoms with E-state index in [0.29, 0.717) is 17.6 Å². The van der Waals surface area contributed by atoms with Gasteiger partial charge in [0.25, 0.3) is 0 Å². The van der Waals surface area contributed by atoms with E-state index < -0.39 is 0 Å². The number of halogens is 2. The molecule has 0 heterocycles. The van der Waals surface area contributed by atoms with Crippen molar-refractivity contribution in [2.75, 3.05) is 0 Å². The third-order valence-corrected chi connectivity index (χ3v) is 5.56. The molecule has 14 heavy (non-hydrogen) atoms. The summed E-state index contributed by atoms with van der Waals surface area (Å²) in [5.41, 5.74) is -0.203. The molecular formula is C11H18Br2O. The average Bonchev–Trinajstić information content (AvgIpc) is 2.09. The molecular weight excluding hydrogens is 308 g/mol. The van der Waals surface area contributed by atoms with E-state index in [4.69, 9.17) is 0 Å². The van der Waals surface area contributed by atoms with Crippen LogP contribution in [0.25, 0.3) is 0 Å². The van der Waals surface area contributed by atoms with Gasteiger partial charge in [-0.15, -0.1) is 0 Å². The Balaban J connectivity index is 2.69. The van der Waals surface area contributed by atoms with Crippen LogP contribution in [0, 0.1) is 17.3 Å². The van der Waals surface area contributed by atoms with E-state index in [2.05, 4.69) is 52.6 Å². The van der Waals surface area contributed by atoms with Gasteiger partial charge in [0.1, 0.15) is 5.78 Å². The summed E-state index contributed by atoms with van der Waals surface area (Å²) in [6.45, 7) is 6.47. The van der Waals surface area contributed by atoms with Gasteiger partial charge in [0, 0.05) is 11.8 Å². The Morgan fingerprint density at radius 1 is 1.43 bits per heavy atom. The normalized spacial score (nSPS) is 34.2. The van der Waals surface area contributed by atoms with Gasteiger partial charge in [-0.3, -0.25) is 4.79 Å². The van der Waals surface area contributed by atoms with E-state index in [1.165, 1.54) is 6.42 Å². The number of rotatable bonds is 2. The van der Waals surface area contributed by atoms with Crippen molar-refractivity contribution in [2.45, 2.75) is 43.8 Å². The number of hydrogen-bond acceptors (Lipinski definition) is 1. The van der Waals surface area contributed by atoms with Gasteiger partial charge in [0.2, 0.25) is 0 Å². The lowest BCUT2D eigenvalue weighted by atomic mass is 9.69. The summed E-state index contributed by atoms with van der Waals surface area (Å²) < 4.78 is 0.114. The molecule has 3 heteroatoms. The molecule has 0 aliphatic heterocycles. The summed E-state index contributed by atoms with van der Waals surface area (Å²) in [4.78, 5) is 12.0. The van der Waals surface area contributed by atoms with Gasteiger partial charge in [0.05, 0.1) is 3.74 Å². The highest BCUT2D eigenvalue weighted by Gasteiger charge is 2.43. The zero-order valence-corrected chi connectivity index (χ0v) is 12.2. The first-order valence-corrected chi connectivity index (χ1v) is 7.02. The Morgan fingerprint density at radius 3 is 2.36 bits per heavy atom. The molecule has 0 bridgehead atoms. The van der Waals surface area contributed by atoms with Crippen LogP contribution in [0.15, 0.2) is 0 Å². The second-order valence-electron chi connectivity index (χ2n) is 4.89. The fourth-order valence-electron chi connectivity index (χ4n) is 2.00. The molecule has 0 unspecified atom stereocenters. The van der Waals surface area contributed by atoms with Crippen LogP contribution in [-0.2, 0) is 4.79 Å². The predicted octanol–water partition coefficient (Wildman–Crippen LogP) is 4.13. The van der Waals surface area contributed by atoms with Gasteiger partial charge in [0.15, 0.2) is 0 Å². The number of ketones is 1. The van der Waals surface area contributed by atoms with Gasteiger partial charge in [-0.1, -0.05) is 52.6 Å². The topological polar surface area (TPSA) is 17.1 Å². The largest absolute Gasteiger partial charge is 0.299 e. The summed E-state index contributed by atoms with van der Waals surface area (Å²) in [5.74, 6) is 1.63. The minimum atomic E-state index is -0.203. The highest BCUT2D eigenvalue weighted by molar-refractivity contribution is 9.24. The van der Waals surface area contributed by atoms with E-state index >= 15 is 0 Å². The van der Waals surface area contributed by atoms with Crippen molar-refractivity contribution < 1.29 is 4.79 Å². The number of carbonyl (C=O) groups is 1. The van der Waals surface area contributed by atoms with Crippen molar-refractivity contribution in [1.82, 2.24) is 0 Å². The highest BCUT2D eigenvalue weighted by Crippen LogP contribution is 2.45. The molecule has 0 amide bonds. The second kappa shape index (κ2) is 4.65. The molecule has 0 N–H and O–H groups in total. The first kappa shape index (κ1) is 12.7. The minimum absolute atomic E-state index is 0.114. The number of Topliss-reactive ketones (excluding diaryl/α,β-unsaturated/α-hetero) is 1. The zero-order valence-electron chi connectivity index (χ0n) is 9.02. The van der Waals surface area contributed by atoms with Gasteiger partial charge >= 0.3 is 0 Å². The van der Waals surface area contributed by atoms with Crippen molar-refractivity contribution in [1.29, 1.82) is 0 Å². The van der Waals surface area contributed by atoms with E-state index in [-0.39, 0.29) is 9.15 Å². The number of carbonyl (C=O) groups excluding carboxylic acids is 1. The predicted molar refractivity (Wildman–Crippen MR) is 66.9 cm³/mol. The van der Waals surface area contributed by atoms with E-state index in [1.54, 1.807) is 0 Å². The van der Waals surface area contributed by atoms with Gasteiger partial charge in [-0.05, 0) is 24.7 Å². The van der Waals surface area contributed by atoms with Crippen molar-refractivity contribution in [3.63, 3.8) is 0 Å². The van der Waals surface area contributed by atoms with Crippen LogP contribution in [0.2, 0.25) is 0 Å². The summed E-state index contributed by atoms with van der Waals surface area (Å²) in [6, 6.07) is 0. The lowest BCUT2D eigenvalue weighted by Crippen LogP contribution is -2.40. The van der Waals surface area contributed by atoms with Crippen molar-refractivity contribution in [2.24, 2.45) is 17.3 Å². The maximum atomic E-state index is 12.0. The van der Waals surface area contributed by atoms with Gasteiger partial charge in [-0.25, -0.2) is 0 Å². The van der Waals surface area contributed by atoms with Crippen LogP contribution in [0.4, 0.5) is 0 Å². The van der Waals surface area contributed by atoms with E-state index in [1.807, 2.05) is 0 Å². The van der Waals surface area contributed by atoms with Crippen LogP contribution in [0.3, 0.4) is 0 Å². The Hall–Kier alpha value is 0.630. The van der Waals surface area contributed by atoms with Crippen molar-refractivity contribution in [3.8, 4) is 0 Å². The molecule has 2 atom stereocenters. The lowest BCUT2D eigenvalue weighted by Gasteiger charge is -2.38. The standard InChI is InChI=1S/C11H18Br2O/c1-7(2)8-4-5-11(3,10(12)13)9(14)6-8/h7-8,10H,4-6H2,1-3H3/t8-,11-/m1/s1. The molecule has 1 rings (SSSR count). The SMILES string of the molecule is CC(C)[C@@H]1CC[C@@](C)(C(Br)Br)C(=O)C1. The molecule has 0 aromatic rings. The molecule has 0 aromatic heterocycles. The highest BCUT2D eigenvalue weighted by atomic mass is 79.9. The van der Waals surface area contributed by atoms with E-state index in [9.17, 15) is 4.79 Å². The molecule has 0 spiro atoms.